The first kappa shape index (κ1) is 18.4. The Morgan fingerprint density at radius 3 is 2.72 bits per heavy atom. The zero-order valence-corrected chi connectivity index (χ0v) is 13.8. The van der Waals surface area contributed by atoms with Crippen LogP contribution in [0.5, 0.6) is 0 Å². The van der Waals surface area contributed by atoms with Crippen molar-refractivity contribution in [3.8, 4) is 0 Å². The fourth-order valence-electron chi connectivity index (χ4n) is 2.08. The summed E-state index contributed by atoms with van der Waals surface area (Å²) in [5.41, 5.74) is 4.45. The fraction of sp³-hybridized carbons (Fsp3) is 0.200. The smallest absolute Gasteiger partial charge is 0.405 e. The Labute approximate surface area is 146 Å². The van der Waals surface area contributed by atoms with Crippen LogP contribution in [0.2, 0.25) is 5.02 Å². The normalized spacial score (nSPS) is 11.6. The van der Waals surface area contributed by atoms with E-state index in [1.807, 2.05) is 0 Å². The van der Waals surface area contributed by atoms with Gasteiger partial charge in [0.1, 0.15) is 11.6 Å². The second-order valence-corrected chi connectivity index (χ2v) is 5.44. The molecule has 2 aromatic rings. The third kappa shape index (κ3) is 4.54. The molecule has 25 heavy (non-hydrogen) atoms. The van der Waals surface area contributed by atoms with Crippen molar-refractivity contribution in [1.82, 2.24) is 10.2 Å². The first-order chi connectivity index (χ1) is 11.8. The highest BCUT2D eigenvalue weighted by Crippen LogP contribution is 2.25. The van der Waals surface area contributed by atoms with Gasteiger partial charge in [-0.05, 0) is 24.6 Å². The molecule has 8 nitrogen and oxygen atoms in total. The Hall–Kier alpha value is -2.94. The van der Waals surface area contributed by atoms with Crippen LogP contribution in [0.3, 0.4) is 0 Å². The van der Waals surface area contributed by atoms with Gasteiger partial charge in [-0.15, -0.1) is 0 Å². The number of benzene rings is 1. The molecule has 0 saturated carbocycles. The number of nitrogens with zero attached hydrogens (tertiary/aromatic N) is 1. The summed E-state index contributed by atoms with van der Waals surface area (Å²) >= 11 is 6.03. The predicted octanol–water partition coefficient (Wildman–Crippen LogP) is 2.05. The lowest BCUT2D eigenvalue weighted by atomic mass is 9.99. The lowest BCUT2D eigenvalue weighted by Gasteiger charge is -2.14. The van der Waals surface area contributed by atoms with Crippen LogP contribution >= 0.6 is 11.6 Å². The summed E-state index contributed by atoms with van der Waals surface area (Å²) in [5.74, 6) is -2.02. The first-order valence-corrected chi connectivity index (χ1v) is 7.43. The number of carbonyl (C=O) groups is 3. The van der Waals surface area contributed by atoms with E-state index >= 15 is 0 Å². The number of rotatable bonds is 6. The van der Waals surface area contributed by atoms with E-state index in [9.17, 15) is 18.8 Å². The number of Topliss-reactive ketones (excluding diaryl/α,β-unsaturated/α-hetero) is 1. The second-order valence-electron chi connectivity index (χ2n) is 5.03. The lowest BCUT2D eigenvalue weighted by molar-refractivity contribution is -0.125. The predicted molar refractivity (Wildman–Crippen MR) is 86.8 cm³/mol. The van der Waals surface area contributed by atoms with Gasteiger partial charge in [0.25, 0.3) is 5.91 Å². The van der Waals surface area contributed by atoms with Crippen LogP contribution in [-0.2, 0) is 16.0 Å². The van der Waals surface area contributed by atoms with Gasteiger partial charge in [0, 0.05) is 17.5 Å². The maximum atomic E-state index is 14.2. The Bertz CT molecular complexity index is 810. The molecule has 0 aliphatic heterocycles. The molecule has 0 fully saturated rings. The van der Waals surface area contributed by atoms with Crippen molar-refractivity contribution < 1.29 is 23.5 Å². The molecule has 4 N–H and O–H groups in total. The number of hydrogen-bond acceptors (Lipinski definition) is 5. The van der Waals surface area contributed by atoms with Gasteiger partial charge in [-0.1, -0.05) is 11.6 Å². The number of carbonyl (C=O) groups excluding carboxylic acids is 3. The molecule has 0 radical (unpaired) electrons. The summed E-state index contributed by atoms with van der Waals surface area (Å²) < 4.78 is 18.8. The molecule has 132 valence electrons. The van der Waals surface area contributed by atoms with Gasteiger partial charge in [-0.25, -0.2) is 9.18 Å². The molecule has 1 unspecified atom stereocenters. The molecule has 2 rings (SSSR count). The highest BCUT2D eigenvalue weighted by atomic mass is 35.5. The summed E-state index contributed by atoms with van der Waals surface area (Å²) in [4.78, 5) is 35.2. The zero-order chi connectivity index (χ0) is 18.6. The molecule has 10 heteroatoms. The number of amides is 2. The number of hydrogen-bond donors (Lipinski definition) is 3. The van der Waals surface area contributed by atoms with Gasteiger partial charge in [0.2, 0.25) is 0 Å². The fourth-order valence-corrected chi connectivity index (χ4v) is 2.30. The molecule has 2 amide bonds. The minimum Gasteiger partial charge on any atom is -0.439 e. The van der Waals surface area contributed by atoms with E-state index in [-0.39, 0.29) is 22.0 Å². The lowest BCUT2D eigenvalue weighted by Crippen LogP contribution is -2.29. The van der Waals surface area contributed by atoms with Crippen molar-refractivity contribution in [3.63, 3.8) is 0 Å². The van der Waals surface area contributed by atoms with Gasteiger partial charge in [0.05, 0.1) is 11.8 Å². The average molecular weight is 369 g/mol. The molecule has 1 aromatic heterocycles. The number of aromatic amines is 1. The van der Waals surface area contributed by atoms with E-state index in [1.54, 1.807) is 0 Å². The average Bonchev–Trinajstić information content (AvgIpc) is 3.03. The summed E-state index contributed by atoms with van der Waals surface area (Å²) in [6.07, 6.45) is -1.31. The van der Waals surface area contributed by atoms with Crippen LogP contribution in [0.1, 0.15) is 22.8 Å². The summed E-state index contributed by atoms with van der Waals surface area (Å²) in [6, 6.07) is 3.71. The van der Waals surface area contributed by atoms with Crippen LogP contribution < -0.4 is 11.1 Å². The van der Waals surface area contributed by atoms with E-state index in [2.05, 4.69) is 20.3 Å². The molecule has 1 aromatic carbocycles. The van der Waals surface area contributed by atoms with E-state index in [1.165, 1.54) is 25.3 Å². The van der Waals surface area contributed by atoms with Crippen LogP contribution in [-0.4, -0.2) is 34.1 Å². The highest BCUT2D eigenvalue weighted by Gasteiger charge is 2.25. The van der Waals surface area contributed by atoms with Crippen molar-refractivity contribution in [1.29, 1.82) is 0 Å². The number of ketones is 1. The number of primary amides is 1. The SMILES string of the molecule is CC(OC(N)=O)C(=O)Cc1c(Cl)ccc(F)c1C(=O)Nc1ccn[nH]1. The quantitative estimate of drug-likeness (QED) is 0.719. The number of ether oxygens (including phenoxy) is 1. The molecule has 0 aliphatic carbocycles. The number of nitrogens with two attached hydrogens (primary N) is 1. The molecule has 0 bridgehead atoms. The second kappa shape index (κ2) is 7.75. The molecule has 1 heterocycles. The summed E-state index contributed by atoms with van der Waals surface area (Å²) in [7, 11) is 0. The molecule has 0 aliphatic rings. The van der Waals surface area contributed by atoms with Crippen LogP contribution in [0.25, 0.3) is 0 Å². The van der Waals surface area contributed by atoms with E-state index in [4.69, 9.17) is 17.3 Å². The van der Waals surface area contributed by atoms with Crippen LogP contribution in [0, 0.1) is 5.82 Å². The Balaban J connectivity index is 2.31. The third-order valence-electron chi connectivity index (χ3n) is 3.28. The van der Waals surface area contributed by atoms with Gasteiger partial charge >= 0.3 is 6.09 Å². The topological polar surface area (TPSA) is 127 Å². The van der Waals surface area contributed by atoms with Gasteiger partial charge in [-0.2, -0.15) is 5.10 Å². The van der Waals surface area contributed by atoms with Crippen molar-refractivity contribution >= 4 is 35.2 Å². The Morgan fingerprint density at radius 1 is 1.40 bits per heavy atom. The van der Waals surface area contributed by atoms with Crippen molar-refractivity contribution in [2.24, 2.45) is 5.73 Å². The van der Waals surface area contributed by atoms with Gasteiger partial charge < -0.3 is 15.8 Å². The van der Waals surface area contributed by atoms with Crippen molar-refractivity contribution in [3.05, 3.63) is 46.4 Å². The number of halogens is 2. The van der Waals surface area contributed by atoms with Crippen molar-refractivity contribution in [2.75, 3.05) is 5.32 Å². The van der Waals surface area contributed by atoms with Crippen LogP contribution in [0.15, 0.2) is 24.4 Å². The van der Waals surface area contributed by atoms with E-state index in [0.717, 1.165) is 6.07 Å². The monoisotopic (exact) mass is 368 g/mol. The molecular weight excluding hydrogens is 355 g/mol. The number of aromatic nitrogens is 2. The Kier molecular flexibility index (Phi) is 5.71. The van der Waals surface area contributed by atoms with E-state index < -0.39 is 36.1 Å². The molecule has 0 saturated heterocycles. The summed E-state index contributed by atoms with van der Waals surface area (Å²) in [5, 5.41) is 8.59. The minimum atomic E-state index is -1.17. The Morgan fingerprint density at radius 2 is 2.12 bits per heavy atom. The highest BCUT2D eigenvalue weighted by molar-refractivity contribution is 6.32. The standard InChI is InChI=1S/C15H14ClFN4O4/c1-7(25-15(18)24)11(22)6-8-9(16)2-3-10(17)13(8)14(23)20-12-4-5-19-21-12/h2-5,7H,6H2,1H3,(H2,18,24)(H2,19,20,21,23). The summed E-state index contributed by atoms with van der Waals surface area (Å²) in [6.45, 7) is 1.31. The van der Waals surface area contributed by atoms with Crippen LogP contribution in [0.4, 0.5) is 15.0 Å². The molecular formula is C15H14ClFN4O4. The minimum absolute atomic E-state index is 0.0239. The maximum absolute atomic E-state index is 14.2. The number of H-pyrrole nitrogens is 1. The van der Waals surface area contributed by atoms with Gasteiger partial charge in [0.15, 0.2) is 11.9 Å². The molecule has 0 spiro atoms. The largest absolute Gasteiger partial charge is 0.439 e. The van der Waals surface area contributed by atoms with Crippen molar-refractivity contribution in [2.45, 2.75) is 19.4 Å². The number of nitrogens with one attached hydrogen (secondary N) is 2. The molecule has 1 atom stereocenters. The maximum Gasteiger partial charge on any atom is 0.405 e. The van der Waals surface area contributed by atoms with Gasteiger partial charge in [-0.3, -0.25) is 14.7 Å². The third-order valence-corrected chi connectivity index (χ3v) is 3.63. The first-order valence-electron chi connectivity index (χ1n) is 7.06. The zero-order valence-electron chi connectivity index (χ0n) is 13.0. The number of anilines is 1. The van der Waals surface area contributed by atoms with E-state index in [0.29, 0.717) is 0 Å².